The van der Waals surface area contributed by atoms with Gasteiger partial charge in [0.05, 0.1) is 12.2 Å². The van der Waals surface area contributed by atoms with E-state index in [-0.39, 0.29) is 6.04 Å². The molecule has 2 fully saturated rings. The highest BCUT2D eigenvalue weighted by Crippen LogP contribution is 2.33. The molecule has 0 bridgehead atoms. The van der Waals surface area contributed by atoms with E-state index in [0.717, 1.165) is 19.3 Å². The molecule has 3 heteroatoms. The molecule has 0 aromatic heterocycles. The molecule has 2 atom stereocenters. The Balaban J connectivity index is 1.97. The van der Waals surface area contributed by atoms with Gasteiger partial charge in [0.1, 0.15) is 0 Å². The van der Waals surface area contributed by atoms with Gasteiger partial charge in [0.2, 0.25) is 5.91 Å². The molecule has 1 N–H and O–H groups in total. The first kappa shape index (κ1) is 12.9. The van der Waals surface area contributed by atoms with E-state index in [1.165, 1.54) is 19.3 Å². The SMILES string of the molecule is CCCCC1NC(CC(C)C)N(C2CC2)C1=O. The number of carbonyl (C=O) groups is 1. The van der Waals surface area contributed by atoms with Crippen LogP contribution in [0.5, 0.6) is 0 Å². The lowest BCUT2D eigenvalue weighted by molar-refractivity contribution is -0.130. The zero-order valence-corrected chi connectivity index (χ0v) is 11.4. The summed E-state index contributed by atoms with van der Waals surface area (Å²) in [5.74, 6) is 1.01. The second-order valence-corrected chi connectivity index (χ2v) is 5.98. The number of carbonyl (C=O) groups excluding carboxylic acids is 1. The topological polar surface area (TPSA) is 32.3 Å². The maximum Gasteiger partial charge on any atom is 0.241 e. The summed E-state index contributed by atoms with van der Waals surface area (Å²) in [6.45, 7) is 6.65. The largest absolute Gasteiger partial charge is 0.323 e. The monoisotopic (exact) mass is 238 g/mol. The number of nitrogens with one attached hydrogen (secondary N) is 1. The van der Waals surface area contributed by atoms with Gasteiger partial charge in [-0.25, -0.2) is 0 Å². The summed E-state index contributed by atoms with van der Waals surface area (Å²) >= 11 is 0. The van der Waals surface area contributed by atoms with E-state index in [1.807, 2.05) is 0 Å². The quantitative estimate of drug-likeness (QED) is 0.771. The Labute approximate surface area is 105 Å². The summed E-state index contributed by atoms with van der Waals surface area (Å²) in [5.41, 5.74) is 0. The predicted octanol–water partition coefficient (Wildman–Crippen LogP) is 2.51. The van der Waals surface area contributed by atoms with Gasteiger partial charge < -0.3 is 4.90 Å². The van der Waals surface area contributed by atoms with Crippen molar-refractivity contribution < 1.29 is 4.79 Å². The summed E-state index contributed by atoms with van der Waals surface area (Å²) in [5, 5.41) is 3.55. The average molecular weight is 238 g/mol. The van der Waals surface area contributed by atoms with E-state index in [0.29, 0.717) is 24.0 Å². The molecule has 2 rings (SSSR count). The molecule has 3 nitrogen and oxygen atoms in total. The lowest BCUT2D eigenvalue weighted by atomic mass is 10.1. The van der Waals surface area contributed by atoms with Crippen LogP contribution in [0, 0.1) is 5.92 Å². The molecule has 1 saturated heterocycles. The molecule has 1 aliphatic carbocycles. The minimum atomic E-state index is 0.0966. The number of hydrogen-bond acceptors (Lipinski definition) is 2. The summed E-state index contributed by atoms with van der Waals surface area (Å²) < 4.78 is 0. The Kier molecular flexibility index (Phi) is 4.08. The van der Waals surface area contributed by atoms with Gasteiger partial charge in [-0.05, 0) is 31.6 Å². The highest BCUT2D eigenvalue weighted by Gasteiger charge is 2.45. The first-order valence-corrected chi connectivity index (χ1v) is 7.21. The fourth-order valence-electron chi connectivity index (χ4n) is 2.75. The summed E-state index contributed by atoms with van der Waals surface area (Å²) in [7, 11) is 0. The number of unbranched alkanes of at least 4 members (excludes halogenated alkanes) is 1. The van der Waals surface area contributed by atoms with Gasteiger partial charge in [-0.3, -0.25) is 10.1 Å². The van der Waals surface area contributed by atoms with Crippen molar-refractivity contribution in [3.8, 4) is 0 Å². The molecule has 0 aromatic carbocycles. The van der Waals surface area contributed by atoms with Gasteiger partial charge in [0.25, 0.3) is 0 Å². The van der Waals surface area contributed by atoms with Crippen molar-refractivity contribution in [2.45, 2.75) is 77.5 Å². The van der Waals surface area contributed by atoms with Crippen molar-refractivity contribution in [1.82, 2.24) is 10.2 Å². The van der Waals surface area contributed by atoms with Crippen LogP contribution in [0.4, 0.5) is 0 Å². The van der Waals surface area contributed by atoms with Gasteiger partial charge in [-0.15, -0.1) is 0 Å². The van der Waals surface area contributed by atoms with Crippen molar-refractivity contribution in [2.24, 2.45) is 5.92 Å². The zero-order chi connectivity index (χ0) is 12.4. The van der Waals surface area contributed by atoms with Crippen molar-refractivity contribution in [1.29, 1.82) is 0 Å². The molecule has 2 aliphatic rings. The maximum atomic E-state index is 12.3. The van der Waals surface area contributed by atoms with Crippen LogP contribution in [0.15, 0.2) is 0 Å². The van der Waals surface area contributed by atoms with Gasteiger partial charge in [0, 0.05) is 6.04 Å². The lowest BCUT2D eigenvalue weighted by Gasteiger charge is -2.25. The van der Waals surface area contributed by atoms with E-state index in [4.69, 9.17) is 0 Å². The fraction of sp³-hybridized carbons (Fsp3) is 0.929. The lowest BCUT2D eigenvalue weighted by Crippen LogP contribution is -2.39. The number of nitrogens with zero attached hydrogens (tertiary/aromatic N) is 1. The molecule has 1 heterocycles. The Hall–Kier alpha value is -0.570. The molecule has 1 amide bonds. The van der Waals surface area contributed by atoms with Crippen LogP contribution in [-0.4, -0.2) is 29.1 Å². The fourth-order valence-corrected chi connectivity index (χ4v) is 2.75. The second-order valence-electron chi connectivity index (χ2n) is 5.98. The molecule has 2 unspecified atom stereocenters. The van der Waals surface area contributed by atoms with Crippen LogP contribution in [0.1, 0.15) is 59.3 Å². The molecule has 1 aliphatic heterocycles. The molecule has 17 heavy (non-hydrogen) atoms. The third-order valence-electron chi connectivity index (χ3n) is 3.76. The van der Waals surface area contributed by atoms with Gasteiger partial charge in [0.15, 0.2) is 0 Å². The van der Waals surface area contributed by atoms with E-state index in [1.54, 1.807) is 0 Å². The molecule has 98 valence electrons. The van der Waals surface area contributed by atoms with E-state index < -0.39 is 0 Å². The molecular formula is C14H26N2O. The molecule has 1 saturated carbocycles. The summed E-state index contributed by atoms with van der Waals surface area (Å²) in [6, 6.07) is 0.643. The number of hydrogen-bond donors (Lipinski definition) is 1. The zero-order valence-electron chi connectivity index (χ0n) is 11.4. The minimum absolute atomic E-state index is 0.0966. The van der Waals surface area contributed by atoms with Crippen molar-refractivity contribution in [3.63, 3.8) is 0 Å². The smallest absolute Gasteiger partial charge is 0.241 e. The predicted molar refractivity (Wildman–Crippen MR) is 69.6 cm³/mol. The number of amides is 1. The Bertz CT molecular complexity index is 273. The second kappa shape index (κ2) is 5.38. The third-order valence-corrected chi connectivity index (χ3v) is 3.76. The molecule has 0 aromatic rings. The maximum absolute atomic E-state index is 12.3. The van der Waals surface area contributed by atoms with E-state index in [2.05, 4.69) is 31.0 Å². The van der Waals surface area contributed by atoms with E-state index >= 15 is 0 Å². The highest BCUT2D eigenvalue weighted by atomic mass is 16.2. The molecule has 0 radical (unpaired) electrons. The summed E-state index contributed by atoms with van der Waals surface area (Å²) in [4.78, 5) is 14.5. The third kappa shape index (κ3) is 3.01. The average Bonchev–Trinajstić information content (AvgIpc) is 3.03. The molecular weight excluding hydrogens is 212 g/mol. The minimum Gasteiger partial charge on any atom is -0.323 e. The standard InChI is InChI=1S/C14H26N2O/c1-4-5-6-12-14(17)16(11-7-8-11)13(15-12)9-10(2)3/h10-13,15H,4-9H2,1-3H3. The van der Waals surface area contributed by atoms with Gasteiger partial charge in [-0.1, -0.05) is 33.6 Å². The van der Waals surface area contributed by atoms with Crippen molar-refractivity contribution in [3.05, 3.63) is 0 Å². The first-order valence-electron chi connectivity index (χ1n) is 7.21. The molecule has 0 spiro atoms. The van der Waals surface area contributed by atoms with Crippen LogP contribution < -0.4 is 5.32 Å². The first-order chi connectivity index (χ1) is 8.13. The summed E-state index contributed by atoms with van der Waals surface area (Å²) in [6.07, 6.45) is 7.14. The van der Waals surface area contributed by atoms with Crippen LogP contribution in [0.2, 0.25) is 0 Å². The van der Waals surface area contributed by atoms with Crippen LogP contribution >= 0.6 is 0 Å². The van der Waals surface area contributed by atoms with Gasteiger partial charge in [-0.2, -0.15) is 0 Å². The van der Waals surface area contributed by atoms with Crippen molar-refractivity contribution >= 4 is 5.91 Å². The van der Waals surface area contributed by atoms with Gasteiger partial charge >= 0.3 is 0 Å². The highest BCUT2D eigenvalue weighted by molar-refractivity contribution is 5.84. The van der Waals surface area contributed by atoms with Crippen LogP contribution in [-0.2, 0) is 4.79 Å². The Morgan fingerprint density at radius 2 is 2.12 bits per heavy atom. The Morgan fingerprint density at radius 3 is 2.65 bits per heavy atom. The number of rotatable bonds is 6. The van der Waals surface area contributed by atoms with E-state index in [9.17, 15) is 4.79 Å². The normalized spacial score (nSPS) is 29.4. The van der Waals surface area contributed by atoms with Crippen LogP contribution in [0.3, 0.4) is 0 Å². The Morgan fingerprint density at radius 1 is 1.41 bits per heavy atom. The van der Waals surface area contributed by atoms with Crippen molar-refractivity contribution in [2.75, 3.05) is 0 Å². The van der Waals surface area contributed by atoms with Crippen LogP contribution in [0.25, 0.3) is 0 Å².